The Morgan fingerprint density at radius 3 is 2.76 bits per heavy atom. The molecule has 0 radical (unpaired) electrons. The molecule has 1 atom stereocenters. The summed E-state index contributed by atoms with van der Waals surface area (Å²) in [7, 11) is -2.71. The van der Waals surface area contributed by atoms with Crippen LogP contribution in [-0.2, 0) is 19.6 Å². The van der Waals surface area contributed by atoms with Gasteiger partial charge in [-0.1, -0.05) is 0 Å². The maximum absolute atomic E-state index is 13.6. The van der Waals surface area contributed by atoms with Gasteiger partial charge in [-0.25, -0.2) is 12.8 Å². The predicted molar refractivity (Wildman–Crippen MR) is 75.5 cm³/mol. The van der Waals surface area contributed by atoms with Crippen molar-refractivity contribution in [3.05, 3.63) is 24.0 Å². The Bertz CT molecular complexity index is 607. The lowest BCUT2D eigenvalue weighted by atomic mass is 10.3. The summed E-state index contributed by atoms with van der Waals surface area (Å²) in [5, 5.41) is 2.47. The number of rotatable bonds is 7. The number of nitrogen functional groups attached to an aromatic ring is 1. The lowest BCUT2D eigenvalue weighted by Gasteiger charge is -2.15. The second-order valence-electron chi connectivity index (χ2n) is 4.32. The van der Waals surface area contributed by atoms with Gasteiger partial charge < -0.3 is 15.8 Å². The standard InChI is InChI=1S/C12H18FN3O4S/c1-8(12(17)15-5-6-20-2)16-21(18,19)11-7-9(14)3-4-10(11)13/h3-4,7-8,16H,5-6,14H2,1-2H3,(H,15,17). The highest BCUT2D eigenvalue weighted by molar-refractivity contribution is 7.89. The lowest BCUT2D eigenvalue weighted by molar-refractivity contribution is -0.122. The van der Waals surface area contributed by atoms with E-state index in [0.29, 0.717) is 6.61 Å². The Labute approximate surface area is 122 Å². The van der Waals surface area contributed by atoms with Gasteiger partial charge in [-0.3, -0.25) is 4.79 Å². The highest BCUT2D eigenvalue weighted by atomic mass is 32.2. The molecule has 0 spiro atoms. The van der Waals surface area contributed by atoms with Crippen molar-refractivity contribution in [1.82, 2.24) is 10.0 Å². The lowest BCUT2D eigenvalue weighted by Crippen LogP contribution is -2.45. The summed E-state index contributed by atoms with van der Waals surface area (Å²) in [6.45, 7) is 1.90. The second kappa shape index (κ2) is 7.34. The second-order valence-corrected chi connectivity index (χ2v) is 6.00. The van der Waals surface area contributed by atoms with E-state index in [1.807, 2.05) is 0 Å². The van der Waals surface area contributed by atoms with Crippen LogP contribution in [0, 0.1) is 5.82 Å². The maximum Gasteiger partial charge on any atom is 0.244 e. The third-order valence-corrected chi connectivity index (χ3v) is 4.13. The minimum Gasteiger partial charge on any atom is -0.399 e. The quantitative estimate of drug-likeness (QED) is 0.478. The number of ether oxygens (including phenoxy) is 1. The molecule has 0 saturated carbocycles. The van der Waals surface area contributed by atoms with Crippen LogP contribution in [-0.4, -0.2) is 40.6 Å². The number of carbonyl (C=O) groups excluding carboxylic acids is 1. The summed E-state index contributed by atoms with van der Waals surface area (Å²) in [5.74, 6) is -1.48. The van der Waals surface area contributed by atoms with E-state index < -0.39 is 32.7 Å². The number of hydrogen-bond donors (Lipinski definition) is 3. The summed E-state index contributed by atoms with van der Waals surface area (Å²) in [5.41, 5.74) is 5.55. The summed E-state index contributed by atoms with van der Waals surface area (Å²) >= 11 is 0. The van der Waals surface area contributed by atoms with E-state index in [4.69, 9.17) is 10.5 Å². The molecular formula is C12H18FN3O4S. The van der Waals surface area contributed by atoms with Crippen molar-refractivity contribution in [3.8, 4) is 0 Å². The Kier molecular flexibility index (Phi) is 6.06. The number of nitrogens with two attached hydrogens (primary N) is 1. The van der Waals surface area contributed by atoms with Crippen LogP contribution in [0.1, 0.15) is 6.92 Å². The largest absolute Gasteiger partial charge is 0.399 e. The minimum atomic E-state index is -4.19. The van der Waals surface area contributed by atoms with Crippen molar-refractivity contribution in [2.45, 2.75) is 17.9 Å². The molecule has 1 unspecified atom stereocenters. The minimum absolute atomic E-state index is 0.106. The number of carbonyl (C=O) groups is 1. The van der Waals surface area contributed by atoms with Crippen molar-refractivity contribution in [2.24, 2.45) is 0 Å². The predicted octanol–water partition coefficient (Wildman–Crippen LogP) is -0.163. The fraction of sp³-hybridized carbons (Fsp3) is 0.417. The van der Waals surface area contributed by atoms with Gasteiger partial charge in [-0.05, 0) is 25.1 Å². The molecule has 9 heteroatoms. The first-order valence-electron chi connectivity index (χ1n) is 6.12. The van der Waals surface area contributed by atoms with Crippen LogP contribution in [0.25, 0.3) is 0 Å². The summed E-state index contributed by atoms with van der Waals surface area (Å²) in [4.78, 5) is 11.1. The molecule has 0 heterocycles. The van der Waals surface area contributed by atoms with E-state index in [0.717, 1.165) is 12.1 Å². The van der Waals surface area contributed by atoms with Crippen molar-refractivity contribution in [1.29, 1.82) is 0 Å². The molecule has 0 aliphatic heterocycles. The van der Waals surface area contributed by atoms with Gasteiger partial charge in [-0.15, -0.1) is 0 Å². The van der Waals surface area contributed by atoms with Crippen molar-refractivity contribution < 1.29 is 22.3 Å². The Morgan fingerprint density at radius 1 is 1.48 bits per heavy atom. The zero-order chi connectivity index (χ0) is 16.0. The highest BCUT2D eigenvalue weighted by Gasteiger charge is 2.24. The number of hydrogen-bond acceptors (Lipinski definition) is 5. The van der Waals surface area contributed by atoms with Gasteiger partial charge in [0.1, 0.15) is 10.7 Å². The number of anilines is 1. The number of nitrogens with one attached hydrogen (secondary N) is 2. The smallest absolute Gasteiger partial charge is 0.244 e. The number of halogens is 1. The molecule has 0 fully saturated rings. The summed E-state index contributed by atoms with van der Waals surface area (Å²) in [6, 6.07) is 2.13. The average molecular weight is 319 g/mol. The number of benzene rings is 1. The molecule has 1 rings (SSSR count). The van der Waals surface area contributed by atoms with Crippen LogP contribution in [0.3, 0.4) is 0 Å². The fourth-order valence-electron chi connectivity index (χ4n) is 1.51. The molecule has 1 aromatic rings. The van der Waals surface area contributed by atoms with Gasteiger partial charge in [0.05, 0.1) is 12.6 Å². The molecule has 1 aromatic carbocycles. The molecule has 118 valence electrons. The third kappa shape index (κ3) is 4.96. The molecule has 7 nitrogen and oxygen atoms in total. The first kappa shape index (κ1) is 17.3. The summed E-state index contributed by atoms with van der Waals surface area (Å²) in [6.07, 6.45) is 0. The van der Waals surface area contributed by atoms with Crippen LogP contribution >= 0.6 is 0 Å². The molecule has 4 N–H and O–H groups in total. The Balaban J connectivity index is 2.80. The Hall–Kier alpha value is -1.71. The van der Waals surface area contributed by atoms with Crippen LogP contribution < -0.4 is 15.8 Å². The van der Waals surface area contributed by atoms with Gasteiger partial charge in [0.2, 0.25) is 15.9 Å². The number of sulfonamides is 1. The molecule has 0 saturated heterocycles. The van der Waals surface area contributed by atoms with Crippen LogP contribution in [0.2, 0.25) is 0 Å². The fourth-order valence-corrected chi connectivity index (χ4v) is 2.82. The van der Waals surface area contributed by atoms with E-state index in [2.05, 4.69) is 10.0 Å². The normalized spacial score (nSPS) is 12.9. The van der Waals surface area contributed by atoms with E-state index in [1.54, 1.807) is 0 Å². The molecule has 0 aliphatic carbocycles. The highest BCUT2D eigenvalue weighted by Crippen LogP contribution is 2.17. The zero-order valence-corrected chi connectivity index (χ0v) is 12.5. The van der Waals surface area contributed by atoms with Gasteiger partial charge >= 0.3 is 0 Å². The van der Waals surface area contributed by atoms with Crippen molar-refractivity contribution in [3.63, 3.8) is 0 Å². The first-order chi connectivity index (χ1) is 9.77. The van der Waals surface area contributed by atoms with Crippen LogP contribution in [0.5, 0.6) is 0 Å². The SMILES string of the molecule is COCCNC(=O)C(C)NS(=O)(=O)c1cc(N)ccc1F. The van der Waals surface area contributed by atoms with Crippen molar-refractivity contribution in [2.75, 3.05) is 26.0 Å². The van der Waals surface area contributed by atoms with Gasteiger partial charge in [0.15, 0.2) is 0 Å². The topological polar surface area (TPSA) is 111 Å². The average Bonchev–Trinajstić information content (AvgIpc) is 2.41. The monoisotopic (exact) mass is 319 g/mol. The number of amides is 1. The molecule has 0 aromatic heterocycles. The van der Waals surface area contributed by atoms with E-state index in [-0.39, 0.29) is 12.2 Å². The molecule has 1 amide bonds. The van der Waals surface area contributed by atoms with E-state index in [1.165, 1.54) is 20.1 Å². The molecular weight excluding hydrogens is 301 g/mol. The number of methoxy groups -OCH3 is 1. The first-order valence-corrected chi connectivity index (χ1v) is 7.60. The molecule has 21 heavy (non-hydrogen) atoms. The summed E-state index contributed by atoms with van der Waals surface area (Å²) < 4.78 is 44.5. The van der Waals surface area contributed by atoms with Gasteiger partial charge in [0.25, 0.3) is 0 Å². The van der Waals surface area contributed by atoms with Crippen LogP contribution in [0.15, 0.2) is 23.1 Å². The van der Waals surface area contributed by atoms with Crippen molar-refractivity contribution >= 4 is 21.6 Å². The molecule has 0 aliphatic rings. The Morgan fingerprint density at radius 2 is 2.14 bits per heavy atom. The van der Waals surface area contributed by atoms with E-state index in [9.17, 15) is 17.6 Å². The van der Waals surface area contributed by atoms with Gasteiger partial charge in [0, 0.05) is 19.3 Å². The zero-order valence-electron chi connectivity index (χ0n) is 11.7. The third-order valence-electron chi connectivity index (χ3n) is 2.58. The van der Waals surface area contributed by atoms with E-state index >= 15 is 0 Å². The van der Waals surface area contributed by atoms with Gasteiger partial charge in [-0.2, -0.15) is 4.72 Å². The maximum atomic E-state index is 13.6. The molecule has 0 bridgehead atoms. The van der Waals surface area contributed by atoms with Crippen LogP contribution in [0.4, 0.5) is 10.1 Å².